The molecule has 0 aliphatic carbocycles. The lowest BCUT2D eigenvalue weighted by Gasteiger charge is -2.49. The molecule has 4 heteroatoms. The van der Waals surface area contributed by atoms with Crippen LogP contribution in [0.2, 0.25) is 0 Å². The number of carbonyl (C=O) groups is 1. The van der Waals surface area contributed by atoms with E-state index < -0.39 is 11.0 Å². The van der Waals surface area contributed by atoms with Crippen LogP contribution in [-0.2, 0) is 19.7 Å². The standard InChI is InChI=1S/C25H30NO3/c1-24(15-19-21-22(28-21)20(16-24)26(19,3)4)29-23(27)25(2,17-11-7-5-8-12-17)18-13-9-6-10-14-18/h5-14,19-22H,15-16H2,1-4H3/q+1. The molecule has 152 valence electrons. The number of ether oxygens (including phenoxy) is 2. The van der Waals surface area contributed by atoms with Crippen molar-refractivity contribution in [2.24, 2.45) is 0 Å². The summed E-state index contributed by atoms with van der Waals surface area (Å²) in [6.45, 7) is 4.10. The average Bonchev–Trinajstić information content (AvgIpc) is 3.48. The first-order valence-electron chi connectivity index (χ1n) is 10.6. The Morgan fingerprint density at radius 2 is 1.41 bits per heavy atom. The van der Waals surface area contributed by atoms with Gasteiger partial charge < -0.3 is 14.0 Å². The number of quaternary nitrogens is 1. The van der Waals surface area contributed by atoms with Crippen molar-refractivity contribution in [2.75, 3.05) is 14.1 Å². The molecule has 3 saturated heterocycles. The number of esters is 1. The van der Waals surface area contributed by atoms with E-state index in [-0.39, 0.29) is 5.97 Å². The summed E-state index contributed by atoms with van der Waals surface area (Å²) in [4.78, 5) is 13.8. The van der Waals surface area contributed by atoms with Crippen LogP contribution in [0.3, 0.4) is 0 Å². The fraction of sp³-hybridized carbons (Fsp3) is 0.480. The summed E-state index contributed by atoms with van der Waals surface area (Å²) in [5.74, 6) is -0.168. The fourth-order valence-corrected chi connectivity index (χ4v) is 5.78. The molecule has 0 N–H and O–H groups in total. The number of likely N-dealkylation sites (N-methyl/N-ethyl adjacent to an activating group) is 1. The van der Waals surface area contributed by atoms with Crippen LogP contribution in [0.15, 0.2) is 60.7 Å². The van der Waals surface area contributed by atoms with Gasteiger partial charge in [-0.05, 0) is 25.0 Å². The molecule has 3 aliphatic rings. The number of rotatable bonds is 4. The molecule has 3 fully saturated rings. The van der Waals surface area contributed by atoms with E-state index in [0.29, 0.717) is 24.3 Å². The van der Waals surface area contributed by atoms with Gasteiger partial charge >= 0.3 is 5.97 Å². The van der Waals surface area contributed by atoms with Gasteiger partial charge in [0.25, 0.3) is 0 Å². The number of benzene rings is 2. The Kier molecular flexibility index (Phi) is 4.00. The molecule has 29 heavy (non-hydrogen) atoms. The lowest BCUT2D eigenvalue weighted by molar-refractivity contribution is -0.939. The van der Waals surface area contributed by atoms with Crippen molar-refractivity contribution in [2.45, 2.75) is 62.0 Å². The third-order valence-electron chi connectivity index (χ3n) is 7.76. The van der Waals surface area contributed by atoms with Crippen molar-refractivity contribution >= 4 is 5.97 Å². The minimum Gasteiger partial charge on any atom is -0.458 e. The Bertz CT molecular complexity index is 864. The monoisotopic (exact) mass is 392 g/mol. The maximum Gasteiger partial charge on any atom is 0.321 e. The number of piperidine rings is 1. The van der Waals surface area contributed by atoms with Gasteiger partial charge in [-0.15, -0.1) is 0 Å². The summed E-state index contributed by atoms with van der Waals surface area (Å²) >= 11 is 0. The minimum atomic E-state index is -0.841. The molecule has 2 aromatic carbocycles. The number of carbonyl (C=O) groups excluding carboxylic acids is 1. The van der Waals surface area contributed by atoms with Crippen LogP contribution < -0.4 is 0 Å². The molecule has 5 rings (SSSR count). The van der Waals surface area contributed by atoms with Crippen molar-refractivity contribution < 1.29 is 18.8 Å². The van der Waals surface area contributed by atoms with Crippen LogP contribution in [-0.4, -0.2) is 54.4 Å². The van der Waals surface area contributed by atoms with Gasteiger partial charge in [0.1, 0.15) is 35.3 Å². The van der Waals surface area contributed by atoms with E-state index in [4.69, 9.17) is 9.47 Å². The Morgan fingerprint density at radius 1 is 0.966 bits per heavy atom. The highest BCUT2D eigenvalue weighted by atomic mass is 16.6. The zero-order valence-corrected chi connectivity index (χ0v) is 17.7. The average molecular weight is 393 g/mol. The Morgan fingerprint density at radius 3 is 1.86 bits per heavy atom. The Hall–Kier alpha value is -2.17. The summed E-state index contributed by atoms with van der Waals surface area (Å²) in [5, 5.41) is 0. The molecular formula is C25H30NO3+. The SMILES string of the molecule is CC1(OC(=O)C(C)(c2ccccc2)c2ccccc2)CC2C3OC3C(C1)[N+]2(C)C. The van der Waals surface area contributed by atoms with E-state index in [2.05, 4.69) is 21.0 Å². The largest absolute Gasteiger partial charge is 0.458 e. The lowest BCUT2D eigenvalue weighted by atomic mass is 9.75. The van der Waals surface area contributed by atoms with Crippen molar-refractivity contribution in [1.82, 2.24) is 0 Å². The molecule has 0 amide bonds. The van der Waals surface area contributed by atoms with Crippen molar-refractivity contribution in [3.63, 3.8) is 0 Å². The fourth-order valence-electron chi connectivity index (χ4n) is 5.78. The van der Waals surface area contributed by atoms with Crippen LogP contribution in [0.5, 0.6) is 0 Å². The van der Waals surface area contributed by atoms with E-state index >= 15 is 0 Å². The minimum absolute atomic E-state index is 0.168. The molecule has 3 heterocycles. The van der Waals surface area contributed by atoms with Gasteiger partial charge in [-0.1, -0.05) is 60.7 Å². The van der Waals surface area contributed by atoms with Crippen LogP contribution in [0.1, 0.15) is 37.8 Å². The molecule has 2 aromatic rings. The van der Waals surface area contributed by atoms with E-state index in [0.717, 1.165) is 28.5 Å². The normalized spacial score (nSPS) is 34.3. The van der Waals surface area contributed by atoms with Crippen molar-refractivity contribution in [3.05, 3.63) is 71.8 Å². The van der Waals surface area contributed by atoms with Gasteiger partial charge in [0, 0.05) is 12.8 Å². The number of morpholine rings is 1. The van der Waals surface area contributed by atoms with Crippen LogP contribution in [0.25, 0.3) is 0 Å². The first-order valence-corrected chi connectivity index (χ1v) is 10.6. The van der Waals surface area contributed by atoms with Crippen LogP contribution >= 0.6 is 0 Å². The molecule has 4 nitrogen and oxygen atoms in total. The second kappa shape index (κ2) is 6.16. The number of epoxide rings is 1. The highest BCUT2D eigenvalue weighted by molar-refractivity contribution is 5.87. The number of hydrogen-bond donors (Lipinski definition) is 0. The second-order valence-corrected chi connectivity index (χ2v) is 9.93. The first kappa shape index (κ1) is 18.8. The van der Waals surface area contributed by atoms with Crippen LogP contribution in [0.4, 0.5) is 0 Å². The maximum absolute atomic E-state index is 13.8. The van der Waals surface area contributed by atoms with Gasteiger partial charge in [-0.2, -0.15) is 0 Å². The van der Waals surface area contributed by atoms with E-state index in [1.165, 1.54) is 0 Å². The summed E-state index contributed by atoms with van der Waals surface area (Å²) < 4.78 is 13.3. The quantitative estimate of drug-likeness (QED) is 0.453. The zero-order valence-electron chi connectivity index (χ0n) is 17.7. The summed E-state index contributed by atoms with van der Waals surface area (Å²) in [7, 11) is 4.59. The van der Waals surface area contributed by atoms with Crippen molar-refractivity contribution in [1.29, 1.82) is 0 Å². The zero-order chi connectivity index (χ0) is 20.4. The molecule has 4 unspecified atom stereocenters. The van der Waals surface area contributed by atoms with Crippen LogP contribution in [0, 0.1) is 0 Å². The summed E-state index contributed by atoms with van der Waals surface area (Å²) in [6, 6.07) is 20.8. The van der Waals surface area contributed by atoms with Crippen molar-refractivity contribution in [3.8, 4) is 0 Å². The van der Waals surface area contributed by atoms with Gasteiger partial charge in [0.2, 0.25) is 0 Å². The van der Waals surface area contributed by atoms with Gasteiger partial charge in [-0.3, -0.25) is 4.79 Å². The third-order valence-corrected chi connectivity index (χ3v) is 7.76. The maximum atomic E-state index is 13.8. The molecular weight excluding hydrogens is 362 g/mol. The summed E-state index contributed by atoms with van der Waals surface area (Å²) in [6.07, 6.45) is 2.38. The molecule has 0 saturated carbocycles. The molecule has 0 aromatic heterocycles. The third kappa shape index (κ3) is 2.77. The first-order chi connectivity index (χ1) is 13.8. The molecule has 0 radical (unpaired) electrons. The number of nitrogens with zero attached hydrogens (tertiary/aromatic N) is 1. The molecule has 2 bridgehead atoms. The van der Waals surface area contributed by atoms with Gasteiger partial charge in [0.05, 0.1) is 14.1 Å². The second-order valence-electron chi connectivity index (χ2n) is 9.93. The highest BCUT2D eigenvalue weighted by Crippen LogP contribution is 2.54. The predicted octanol–water partition coefficient (Wildman–Crippen LogP) is 3.68. The smallest absolute Gasteiger partial charge is 0.321 e. The lowest BCUT2D eigenvalue weighted by Crippen LogP contribution is -2.63. The Balaban J connectivity index is 1.47. The van der Waals surface area contributed by atoms with Gasteiger partial charge in [0.15, 0.2) is 0 Å². The van der Waals surface area contributed by atoms with Gasteiger partial charge in [-0.25, -0.2) is 0 Å². The van der Waals surface area contributed by atoms with E-state index in [1.807, 2.05) is 67.6 Å². The van der Waals surface area contributed by atoms with E-state index in [9.17, 15) is 4.79 Å². The predicted molar refractivity (Wildman–Crippen MR) is 111 cm³/mol. The van der Waals surface area contributed by atoms with E-state index in [1.54, 1.807) is 0 Å². The molecule has 3 aliphatic heterocycles. The summed E-state index contributed by atoms with van der Waals surface area (Å²) in [5.41, 5.74) is 0.620. The Labute approximate surface area is 173 Å². The number of fused-ring (bicyclic) bond motifs is 5. The molecule has 0 spiro atoms. The topological polar surface area (TPSA) is 38.8 Å². The molecule has 4 atom stereocenters. The highest BCUT2D eigenvalue weighted by Gasteiger charge is 2.73. The number of hydrogen-bond acceptors (Lipinski definition) is 3.